The number of phenolic OH excluding ortho intramolecular Hbond substituents is 2. The number of benzene rings is 3. The zero-order chi connectivity index (χ0) is 18.0. The Balaban J connectivity index is 0.000000301. The van der Waals surface area contributed by atoms with Gasteiger partial charge in [0.15, 0.2) is 0 Å². The Kier molecular flexibility index (Phi) is 13.4. The molecule has 3 rings (SSSR count). The highest BCUT2D eigenvalue weighted by Crippen LogP contribution is 2.03. The molecule has 24 heavy (non-hydrogen) atoms. The van der Waals surface area contributed by atoms with E-state index in [1.807, 2.05) is 48.5 Å². The van der Waals surface area contributed by atoms with Gasteiger partial charge in [-0.05, 0) is 24.3 Å². The van der Waals surface area contributed by atoms with Crippen molar-refractivity contribution in [2.75, 3.05) is 0 Å². The summed E-state index contributed by atoms with van der Waals surface area (Å²) < 4.78 is 0. The highest BCUT2D eigenvalue weighted by atomic mass is 16.5. The third-order valence-electron chi connectivity index (χ3n) is 2.18. The first-order valence-electron chi connectivity index (χ1n) is 7.04. The van der Waals surface area contributed by atoms with Gasteiger partial charge in [-0.3, -0.25) is 0 Å². The monoisotopic (exact) mass is 328 g/mol. The molecule has 0 saturated carbocycles. The molecule has 0 spiro atoms. The van der Waals surface area contributed by atoms with Crippen LogP contribution in [0.25, 0.3) is 0 Å². The molecule has 3 aromatic carbocycles. The van der Waals surface area contributed by atoms with Crippen LogP contribution in [0.1, 0.15) is 0 Å². The first kappa shape index (κ1) is 21.2. The van der Waals surface area contributed by atoms with Crippen LogP contribution in [-0.2, 0) is 0 Å². The number of hydrogen-bond donors (Lipinski definition) is 5. The maximum atomic E-state index is 8.63. The molecule has 0 saturated heterocycles. The average Bonchev–Trinajstić information content (AvgIpc) is 2.58. The Morgan fingerprint density at radius 2 is 0.583 bits per heavy atom. The lowest BCUT2D eigenvalue weighted by Gasteiger charge is -1.82. The molecule has 5 nitrogen and oxygen atoms in total. The molecule has 0 amide bonds. The lowest BCUT2D eigenvalue weighted by Crippen LogP contribution is -2.07. The van der Waals surface area contributed by atoms with Gasteiger partial charge in [0.25, 0.3) is 0 Å². The fourth-order valence-electron chi connectivity index (χ4n) is 1.24. The zero-order valence-electron chi connectivity index (χ0n) is 13.1. The SMILES string of the molecule is OB(O)O.Oc1ccccc1.Oc1ccccc1.c1ccccc1. The molecule has 126 valence electrons. The maximum absolute atomic E-state index is 8.63. The van der Waals surface area contributed by atoms with Crippen molar-refractivity contribution in [2.45, 2.75) is 0 Å². The number of para-hydroxylation sites is 2. The Morgan fingerprint density at radius 1 is 0.417 bits per heavy atom. The molecule has 6 heteroatoms. The second-order valence-corrected chi connectivity index (χ2v) is 4.17. The molecule has 0 bridgehead atoms. The van der Waals surface area contributed by atoms with E-state index in [4.69, 9.17) is 25.3 Å². The van der Waals surface area contributed by atoms with Gasteiger partial charge in [0.1, 0.15) is 11.5 Å². The standard InChI is InChI=1S/2C6H6O.C6H6.BH3O3/c2*7-6-4-2-1-3-5-6;1-2-4-6-5-3-1;2-1(3)4/h2*1-5,7H;1-6H;2-4H. The molecule has 0 unspecified atom stereocenters. The van der Waals surface area contributed by atoms with Crippen molar-refractivity contribution in [2.24, 2.45) is 0 Å². The Hall–Kier alpha value is -2.80. The third-order valence-corrected chi connectivity index (χ3v) is 2.18. The van der Waals surface area contributed by atoms with Gasteiger partial charge in [-0.2, -0.15) is 0 Å². The predicted molar refractivity (Wildman–Crippen MR) is 95.1 cm³/mol. The van der Waals surface area contributed by atoms with E-state index in [-0.39, 0.29) is 0 Å². The van der Waals surface area contributed by atoms with Gasteiger partial charge in [0.05, 0.1) is 0 Å². The molecule has 5 N–H and O–H groups in total. The lowest BCUT2D eigenvalue weighted by molar-refractivity contribution is 0.278. The Bertz CT molecular complexity index is 525. The summed E-state index contributed by atoms with van der Waals surface area (Å²) in [5.41, 5.74) is 0. The van der Waals surface area contributed by atoms with Gasteiger partial charge in [-0.15, -0.1) is 0 Å². The minimum atomic E-state index is -2.17. The zero-order valence-corrected chi connectivity index (χ0v) is 13.1. The Labute approximate surface area is 141 Å². The number of hydrogen-bond acceptors (Lipinski definition) is 5. The van der Waals surface area contributed by atoms with E-state index in [1.54, 1.807) is 48.5 Å². The molecule has 3 aromatic rings. The molecular weight excluding hydrogens is 307 g/mol. The summed E-state index contributed by atoms with van der Waals surface area (Å²) >= 11 is 0. The summed E-state index contributed by atoms with van der Waals surface area (Å²) in [6.45, 7) is 0. The van der Waals surface area contributed by atoms with Crippen molar-refractivity contribution in [3.63, 3.8) is 0 Å². The van der Waals surface area contributed by atoms with E-state index in [0.717, 1.165) is 0 Å². The van der Waals surface area contributed by atoms with E-state index in [9.17, 15) is 0 Å². The summed E-state index contributed by atoms with van der Waals surface area (Å²) in [5, 5.41) is 38.8. The summed E-state index contributed by atoms with van der Waals surface area (Å²) in [6.07, 6.45) is 0. The lowest BCUT2D eigenvalue weighted by atomic mass is 10.3. The molecule has 0 atom stereocenters. The number of phenols is 2. The minimum absolute atomic E-state index is 0.322. The topological polar surface area (TPSA) is 101 Å². The van der Waals surface area contributed by atoms with Gasteiger partial charge in [-0.1, -0.05) is 72.8 Å². The van der Waals surface area contributed by atoms with Crippen LogP contribution in [0.3, 0.4) is 0 Å². The van der Waals surface area contributed by atoms with Crippen molar-refractivity contribution in [1.29, 1.82) is 0 Å². The van der Waals surface area contributed by atoms with Crippen LogP contribution in [-0.4, -0.2) is 32.6 Å². The summed E-state index contributed by atoms with van der Waals surface area (Å²) in [6, 6.07) is 29.4. The second kappa shape index (κ2) is 15.1. The van der Waals surface area contributed by atoms with Crippen molar-refractivity contribution in [3.8, 4) is 11.5 Å². The quantitative estimate of drug-likeness (QED) is 0.408. The van der Waals surface area contributed by atoms with Crippen LogP contribution >= 0.6 is 0 Å². The van der Waals surface area contributed by atoms with Gasteiger partial charge in [-0.25, -0.2) is 0 Å². The first-order valence-corrected chi connectivity index (χ1v) is 7.04. The molecular formula is C18H21BO5. The van der Waals surface area contributed by atoms with E-state index in [2.05, 4.69) is 0 Å². The molecule has 0 aliphatic heterocycles. The van der Waals surface area contributed by atoms with Gasteiger partial charge in [0, 0.05) is 0 Å². The van der Waals surface area contributed by atoms with Crippen molar-refractivity contribution in [3.05, 3.63) is 97.1 Å². The van der Waals surface area contributed by atoms with E-state index in [1.165, 1.54) is 0 Å². The van der Waals surface area contributed by atoms with E-state index < -0.39 is 7.32 Å². The number of rotatable bonds is 0. The molecule has 0 aromatic heterocycles. The molecule has 0 aliphatic carbocycles. The van der Waals surface area contributed by atoms with Crippen LogP contribution in [0, 0.1) is 0 Å². The van der Waals surface area contributed by atoms with Gasteiger partial charge >= 0.3 is 7.32 Å². The first-order chi connectivity index (χ1) is 11.5. The van der Waals surface area contributed by atoms with Crippen molar-refractivity contribution < 1.29 is 25.3 Å². The molecule has 0 fully saturated rings. The maximum Gasteiger partial charge on any atom is 0.631 e. The van der Waals surface area contributed by atoms with Crippen LogP contribution in [0.15, 0.2) is 97.1 Å². The highest BCUT2D eigenvalue weighted by molar-refractivity contribution is 6.30. The van der Waals surface area contributed by atoms with Crippen LogP contribution in [0.5, 0.6) is 11.5 Å². The van der Waals surface area contributed by atoms with Crippen molar-refractivity contribution >= 4 is 7.32 Å². The summed E-state index contributed by atoms with van der Waals surface area (Å²) in [7, 11) is -2.17. The fraction of sp³-hybridized carbons (Fsp3) is 0. The summed E-state index contributed by atoms with van der Waals surface area (Å²) in [4.78, 5) is 0. The van der Waals surface area contributed by atoms with Gasteiger partial charge in [0.2, 0.25) is 0 Å². The largest absolute Gasteiger partial charge is 0.631 e. The second-order valence-electron chi connectivity index (χ2n) is 4.17. The third kappa shape index (κ3) is 17.3. The minimum Gasteiger partial charge on any atom is -0.508 e. The highest BCUT2D eigenvalue weighted by Gasteiger charge is 1.92. The van der Waals surface area contributed by atoms with Crippen LogP contribution in [0.4, 0.5) is 0 Å². The van der Waals surface area contributed by atoms with Crippen LogP contribution in [0.2, 0.25) is 0 Å². The molecule has 0 heterocycles. The van der Waals surface area contributed by atoms with Crippen LogP contribution < -0.4 is 0 Å². The number of aromatic hydroxyl groups is 2. The van der Waals surface area contributed by atoms with Crippen molar-refractivity contribution in [1.82, 2.24) is 0 Å². The van der Waals surface area contributed by atoms with Gasteiger partial charge < -0.3 is 25.3 Å². The summed E-state index contributed by atoms with van der Waals surface area (Å²) in [5.74, 6) is 0.644. The average molecular weight is 328 g/mol. The molecule has 0 aliphatic rings. The normalized spacial score (nSPS) is 8.12. The van der Waals surface area contributed by atoms with E-state index in [0.29, 0.717) is 11.5 Å². The smallest absolute Gasteiger partial charge is 0.508 e. The predicted octanol–water partition coefficient (Wildman–Crippen LogP) is 2.42. The Morgan fingerprint density at radius 3 is 0.708 bits per heavy atom. The fourth-order valence-corrected chi connectivity index (χ4v) is 1.24. The van der Waals surface area contributed by atoms with E-state index >= 15 is 0 Å². The molecule has 0 radical (unpaired) electrons.